The van der Waals surface area contributed by atoms with Crippen molar-refractivity contribution in [2.24, 2.45) is 0 Å². The first-order valence-electron chi connectivity index (χ1n) is 12.7. The van der Waals surface area contributed by atoms with Gasteiger partial charge in [-0.1, -0.05) is 49.4 Å². The molecule has 3 heterocycles. The number of anilines is 1. The number of benzene rings is 2. The zero-order valence-corrected chi connectivity index (χ0v) is 21.3. The summed E-state index contributed by atoms with van der Waals surface area (Å²) in [6.07, 6.45) is 2.75. The largest absolute Gasteiger partial charge is 0.353 e. The molecule has 0 aliphatic carbocycles. The molecule has 0 bridgehead atoms. The van der Waals surface area contributed by atoms with Crippen LogP contribution in [0.1, 0.15) is 23.6 Å². The highest BCUT2D eigenvalue weighted by Gasteiger charge is 2.24. The molecule has 4 aromatic rings. The van der Waals surface area contributed by atoms with Gasteiger partial charge in [0.25, 0.3) is 0 Å². The van der Waals surface area contributed by atoms with Gasteiger partial charge in [-0.05, 0) is 66.8 Å². The van der Waals surface area contributed by atoms with Crippen LogP contribution in [0.3, 0.4) is 0 Å². The number of amides is 1. The monoisotopic (exact) mass is 479 g/mol. The molecule has 0 N–H and O–H groups in total. The number of carbonyl (C=O) groups is 1. The molecule has 5 rings (SSSR count). The van der Waals surface area contributed by atoms with Crippen LogP contribution in [0, 0.1) is 13.8 Å². The molecule has 0 spiro atoms. The normalized spacial score (nSPS) is 13.8. The fourth-order valence-corrected chi connectivity index (χ4v) is 4.87. The van der Waals surface area contributed by atoms with Gasteiger partial charge >= 0.3 is 0 Å². The van der Waals surface area contributed by atoms with E-state index in [1.807, 2.05) is 52.2 Å². The fraction of sp³-hybridized carbons (Fsp3) is 0.300. The van der Waals surface area contributed by atoms with Crippen molar-refractivity contribution in [3.63, 3.8) is 0 Å². The standard InChI is InChI=1S/C30H33N5O/c1-4-24-18-22(2)23(3)19-26(24)27-20-28(25-10-6-5-7-11-25)35(32-27)21-30(36)34-16-14-33(15-17-34)29-12-8-9-13-31-29/h5-13,18-20H,4,14-17,21H2,1-3H3. The van der Waals surface area contributed by atoms with Crippen molar-refractivity contribution in [2.45, 2.75) is 33.7 Å². The summed E-state index contributed by atoms with van der Waals surface area (Å²) < 4.78 is 1.88. The van der Waals surface area contributed by atoms with Crippen LogP contribution in [0.15, 0.2) is 72.9 Å². The highest BCUT2D eigenvalue weighted by molar-refractivity contribution is 5.78. The van der Waals surface area contributed by atoms with E-state index in [1.54, 1.807) is 0 Å². The Hall–Kier alpha value is -3.93. The second-order valence-corrected chi connectivity index (χ2v) is 9.44. The van der Waals surface area contributed by atoms with Gasteiger partial charge in [0.05, 0.1) is 11.4 Å². The van der Waals surface area contributed by atoms with E-state index in [4.69, 9.17) is 5.10 Å². The second-order valence-electron chi connectivity index (χ2n) is 9.44. The zero-order valence-electron chi connectivity index (χ0n) is 21.3. The fourth-order valence-electron chi connectivity index (χ4n) is 4.87. The van der Waals surface area contributed by atoms with Gasteiger partial charge in [-0.3, -0.25) is 9.48 Å². The Kier molecular flexibility index (Phi) is 6.85. The third-order valence-electron chi connectivity index (χ3n) is 7.12. The van der Waals surface area contributed by atoms with Crippen LogP contribution >= 0.6 is 0 Å². The van der Waals surface area contributed by atoms with Crippen LogP contribution in [-0.2, 0) is 17.8 Å². The van der Waals surface area contributed by atoms with Crippen molar-refractivity contribution < 1.29 is 4.79 Å². The van der Waals surface area contributed by atoms with Crippen LogP contribution < -0.4 is 4.90 Å². The molecule has 184 valence electrons. The molecular weight excluding hydrogens is 446 g/mol. The second kappa shape index (κ2) is 10.4. The minimum Gasteiger partial charge on any atom is -0.353 e. The van der Waals surface area contributed by atoms with E-state index in [2.05, 4.69) is 61.0 Å². The van der Waals surface area contributed by atoms with E-state index in [1.165, 1.54) is 16.7 Å². The molecule has 6 heteroatoms. The van der Waals surface area contributed by atoms with E-state index in [0.717, 1.165) is 47.8 Å². The summed E-state index contributed by atoms with van der Waals surface area (Å²) in [6.45, 7) is 9.61. The number of hydrogen-bond acceptors (Lipinski definition) is 4. The van der Waals surface area contributed by atoms with E-state index < -0.39 is 0 Å². The Morgan fingerprint density at radius 1 is 0.889 bits per heavy atom. The van der Waals surface area contributed by atoms with E-state index in [-0.39, 0.29) is 12.5 Å². The van der Waals surface area contributed by atoms with Crippen molar-refractivity contribution in [2.75, 3.05) is 31.1 Å². The number of carbonyl (C=O) groups excluding carboxylic acids is 1. The Morgan fingerprint density at radius 3 is 2.31 bits per heavy atom. The highest BCUT2D eigenvalue weighted by Crippen LogP contribution is 2.31. The van der Waals surface area contributed by atoms with E-state index in [9.17, 15) is 4.79 Å². The van der Waals surface area contributed by atoms with Gasteiger partial charge < -0.3 is 9.80 Å². The van der Waals surface area contributed by atoms with Crippen LogP contribution in [-0.4, -0.2) is 51.8 Å². The highest BCUT2D eigenvalue weighted by atomic mass is 16.2. The first-order valence-corrected chi connectivity index (χ1v) is 12.7. The molecule has 36 heavy (non-hydrogen) atoms. The van der Waals surface area contributed by atoms with Crippen LogP contribution in [0.25, 0.3) is 22.5 Å². The van der Waals surface area contributed by atoms with Gasteiger partial charge in [0.2, 0.25) is 5.91 Å². The molecule has 2 aromatic heterocycles. The molecule has 0 saturated carbocycles. The molecular formula is C30H33N5O. The lowest BCUT2D eigenvalue weighted by atomic mass is 9.96. The lowest BCUT2D eigenvalue weighted by Gasteiger charge is -2.35. The first kappa shape index (κ1) is 23.8. The third-order valence-corrected chi connectivity index (χ3v) is 7.12. The van der Waals surface area contributed by atoms with Crippen LogP contribution in [0.4, 0.5) is 5.82 Å². The first-order chi connectivity index (χ1) is 17.5. The van der Waals surface area contributed by atoms with Crippen molar-refractivity contribution in [1.29, 1.82) is 0 Å². The Balaban J connectivity index is 1.41. The van der Waals surface area contributed by atoms with Gasteiger partial charge in [-0.15, -0.1) is 0 Å². The quantitative estimate of drug-likeness (QED) is 0.384. The predicted octanol–water partition coefficient (Wildman–Crippen LogP) is 5.14. The SMILES string of the molecule is CCc1cc(C)c(C)cc1-c1cc(-c2ccccc2)n(CC(=O)N2CCN(c3ccccn3)CC2)n1. The maximum Gasteiger partial charge on any atom is 0.244 e. The third kappa shape index (κ3) is 4.89. The lowest BCUT2D eigenvalue weighted by Crippen LogP contribution is -2.49. The molecule has 6 nitrogen and oxygen atoms in total. The zero-order chi connectivity index (χ0) is 25.1. The average Bonchev–Trinajstić information content (AvgIpc) is 3.34. The van der Waals surface area contributed by atoms with Gasteiger partial charge in [0.1, 0.15) is 12.4 Å². The Morgan fingerprint density at radius 2 is 1.61 bits per heavy atom. The van der Waals surface area contributed by atoms with Crippen LogP contribution in [0.5, 0.6) is 0 Å². The number of aromatic nitrogens is 3. The molecule has 0 unspecified atom stereocenters. The summed E-state index contributed by atoms with van der Waals surface area (Å²) in [5.74, 6) is 1.06. The number of pyridine rings is 1. The molecule has 1 amide bonds. The Bertz CT molecular complexity index is 1340. The average molecular weight is 480 g/mol. The molecule has 1 aliphatic heterocycles. The van der Waals surface area contributed by atoms with Gasteiger partial charge in [0, 0.05) is 37.9 Å². The maximum atomic E-state index is 13.4. The smallest absolute Gasteiger partial charge is 0.244 e. The molecule has 1 saturated heterocycles. The number of rotatable bonds is 6. The lowest BCUT2D eigenvalue weighted by molar-refractivity contribution is -0.132. The molecule has 0 atom stereocenters. The summed E-state index contributed by atoms with van der Waals surface area (Å²) in [5, 5.41) is 4.98. The van der Waals surface area contributed by atoms with E-state index >= 15 is 0 Å². The number of aryl methyl sites for hydroxylation is 3. The molecule has 1 aliphatic rings. The molecule has 2 aromatic carbocycles. The minimum absolute atomic E-state index is 0.0957. The summed E-state index contributed by atoms with van der Waals surface area (Å²) in [6, 6.07) is 22.8. The summed E-state index contributed by atoms with van der Waals surface area (Å²) >= 11 is 0. The predicted molar refractivity (Wildman–Crippen MR) is 145 cm³/mol. The molecule has 1 fully saturated rings. The summed E-state index contributed by atoms with van der Waals surface area (Å²) in [7, 11) is 0. The van der Waals surface area contributed by atoms with Gasteiger partial charge in [-0.2, -0.15) is 5.10 Å². The van der Waals surface area contributed by atoms with Gasteiger partial charge in [0.15, 0.2) is 0 Å². The topological polar surface area (TPSA) is 54.3 Å². The minimum atomic E-state index is 0.0957. The van der Waals surface area contributed by atoms with Crippen LogP contribution in [0.2, 0.25) is 0 Å². The van der Waals surface area contributed by atoms with E-state index in [0.29, 0.717) is 13.1 Å². The summed E-state index contributed by atoms with van der Waals surface area (Å²) in [4.78, 5) is 22.0. The van der Waals surface area contributed by atoms with Crippen molar-refractivity contribution in [1.82, 2.24) is 19.7 Å². The maximum absolute atomic E-state index is 13.4. The Labute approximate surface area is 213 Å². The van der Waals surface area contributed by atoms with Crippen molar-refractivity contribution in [3.05, 3.63) is 89.6 Å². The van der Waals surface area contributed by atoms with Crippen molar-refractivity contribution in [3.8, 4) is 22.5 Å². The van der Waals surface area contributed by atoms with Gasteiger partial charge in [-0.25, -0.2) is 4.98 Å². The molecule has 0 radical (unpaired) electrons. The number of piperazine rings is 1. The van der Waals surface area contributed by atoms with Crippen molar-refractivity contribution >= 4 is 11.7 Å². The number of nitrogens with zero attached hydrogens (tertiary/aromatic N) is 5. The summed E-state index contributed by atoms with van der Waals surface area (Å²) in [5.41, 5.74) is 7.91. The number of hydrogen-bond donors (Lipinski definition) is 0.